The Bertz CT molecular complexity index is 661. The van der Waals surface area contributed by atoms with E-state index in [9.17, 15) is 9.59 Å². The van der Waals surface area contributed by atoms with Crippen molar-refractivity contribution in [2.24, 2.45) is 0 Å². The van der Waals surface area contributed by atoms with Gasteiger partial charge in [0.05, 0.1) is 6.26 Å². The van der Waals surface area contributed by atoms with Crippen molar-refractivity contribution in [1.29, 1.82) is 0 Å². The predicted octanol–water partition coefficient (Wildman–Crippen LogP) is 3.53. The van der Waals surface area contributed by atoms with Crippen LogP contribution in [-0.2, 0) is 4.79 Å². The summed E-state index contributed by atoms with van der Waals surface area (Å²) in [6, 6.07) is 9.87. The molecule has 7 heteroatoms. The Hall–Kier alpha value is -1.73. The summed E-state index contributed by atoms with van der Waals surface area (Å²) in [5.41, 5.74) is 0.672. The number of anilines is 1. The maximum absolute atomic E-state index is 12.5. The van der Waals surface area contributed by atoms with Crippen LogP contribution >= 0.6 is 27.7 Å². The largest absolute Gasteiger partial charge is 0.459 e. The first-order chi connectivity index (χ1) is 11.1. The van der Waals surface area contributed by atoms with E-state index in [0.29, 0.717) is 12.1 Å². The quantitative estimate of drug-likeness (QED) is 0.750. The second-order valence-electron chi connectivity index (χ2n) is 4.78. The van der Waals surface area contributed by atoms with E-state index in [-0.39, 0.29) is 11.7 Å². The summed E-state index contributed by atoms with van der Waals surface area (Å²) in [5, 5.41) is 5.54. The SMILES string of the molecule is CSCCC(NC(=O)c1ccco1)C(=O)Nc1cccc(Br)c1. The fourth-order valence-electron chi connectivity index (χ4n) is 1.94. The summed E-state index contributed by atoms with van der Waals surface area (Å²) < 4.78 is 5.93. The van der Waals surface area contributed by atoms with Crippen LogP contribution in [0.15, 0.2) is 51.6 Å². The summed E-state index contributed by atoms with van der Waals surface area (Å²) in [4.78, 5) is 24.5. The molecule has 0 bridgehead atoms. The molecule has 1 aromatic carbocycles. The van der Waals surface area contributed by atoms with Gasteiger partial charge in [0.25, 0.3) is 5.91 Å². The molecule has 0 fully saturated rings. The van der Waals surface area contributed by atoms with Gasteiger partial charge < -0.3 is 15.1 Å². The average molecular weight is 397 g/mol. The zero-order valence-electron chi connectivity index (χ0n) is 12.5. The second kappa shape index (κ2) is 8.79. The first-order valence-electron chi connectivity index (χ1n) is 7.00. The highest BCUT2D eigenvalue weighted by molar-refractivity contribution is 9.10. The normalized spacial score (nSPS) is 11.7. The van der Waals surface area contributed by atoms with Gasteiger partial charge in [0.2, 0.25) is 5.91 Å². The summed E-state index contributed by atoms with van der Waals surface area (Å²) in [7, 11) is 0. The number of hydrogen-bond donors (Lipinski definition) is 2. The number of hydrogen-bond acceptors (Lipinski definition) is 4. The van der Waals surface area contributed by atoms with E-state index in [4.69, 9.17) is 4.42 Å². The van der Waals surface area contributed by atoms with Crippen LogP contribution in [0.5, 0.6) is 0 Å². The number of carbonyl (C=O) groups excluding carboxylic acids is 2. The predicted molar refractivity (Wildman–Crippen MR) is 95.7 cm³/mol. The number of rotatable bonds is 7. The van der Waals surface area contributed by atoms with Gasteiger partial charge in [-0.1, -0.05) is 22.0 Å². The molecule has 1 atom stereocenters. The molecule has 1 aromatic heterocycles. The second-order valence-corrected chi connectivity index (χ2v) is 6.69. The number of halogens is 1. The molecule has 0 saturated carbocycles. The van der Waals surface area contributed by atoms with Gasteiger partial charge in [-0.3, -0.25) is 9.59 Å². The van der Waals surface area contributed by atoms with Gasteiger partial charge >= 0.3 is 0 Å². The molecule has 23 heavy (non-hydrogen) atoms. The molecule has 0 aliphatic heterocycles. The molecule has 2 rings (SSSR count). The molecule has 1 heterocycles. The topological polar surface area (TPSA) is 71.3 Å². The molecule has 1 unspecified atom stereocenters. The molecule has 0 aliphatic carbocycles. The van der Waals surface area contributed by atoms with Crippen LogP contribution < -0.4 is 10.6 Å². The van der Waals surface area contributed by atoms with E-state index in [0.717, 1.165) is 10.2 Å². The number of thioether (sulfide) groups is 1. The van der Waals surface area contributed by atoms with Crippen molar-refractivity contribution in [3.8, 4) is 0 Å². The van der Waals surface area contributed by atoms with Crippen molar-refractivity contribution in [3.63, 3.8) is 0 Å². The molecule has 2 aromatic rings. The van der Waals surface area contributed by atoms with Crippen molar-refractivity contribution in [1.82, 2.24) is 5.32 Å². The van der Waals surface area contributed by atoms with E-state index < -0.39 is 11.9 Å². The lowest BCUT2D eigenvalue weighted by Crippen LogP contribution is -2.44. The molecule has 0 spiro atoms. The van der Waals surface area contributed by atoms with Crippen LogP contribution in [0.4, 0.5) is 5.69 Å². The zero-order chi connectivity index (χ0) is 16.7. The zero-order valence-corrected chi connectivity index (χ0v) is 14.9. The Kier molecular flexibility index (Phi) is 6.73. The number of carbonyl (C=O) groups is 2. The summed E-state index contributed by atoms with van der Waals surface area (Å²) >= 11 is 4.98. The van der Waals surface area contributed by atoms with Crippen molar-refractivity contribution in [3.05, 3.63) is 52.9 Å². The average Bonchev–Trinajstić information content (AvgIpc) is 3.05. The monoisotopic (exact) mass is 396 g/mol. The minimum atomic E-state index is -0.626. The highest BCUT2D eigenvalue weighted by Gasteiger charge is 2.22. The van der Waals surface area contributed by atoms with Gasteiger partial charge in [-0.15, -0.1) is 0 Å². The van der Waals surface area contributed by atoms with E-state index in [1.165, 1.54) is 6.26 Å². The minimum absolute atomic E-state index is 0.189. The Morgan fingerprint density at radius 3 is 2.78 bits per heavy atom. The first-order valence-corrected chi connectivity index (χ1v) is 9.18. The molecule has 0 saturated heterocycles. The van der Waals surface area contributed by atoms with Gasteiger partial charge in [-0.2, -0.15) is 11.8 Å². The van der Waals surface area contributed by atoms with E-state index in [2.05, 4.69) is 26.6 Å². The van der Waals surface area contributed by atoms with Crippen LogP contribution in [0.2, 0.25) is 0 Å². The highest BCUT2D eigenvalue weighted by atomic mass is 79.9. The van der Waals surface area contributed by atoms with Crippen molar-refractivity contribution in [2.45, 2.75) is 12.5 Å². The van der Waals surface area contributed by atoms with Crippen LogP contribution in [0.1, 0.15) is 17.0 Å². The molecule has 2 N–H and O–H groups in total. The summed E-state index contributed by atoms with van der Waals surface area (Å²) in [6.07, 6.45) is 3.92. The lowest BCUT2D eigenvalue weighted by atomic mass is 10.2. The van der Waals surface area contributed by atoms with Crippen LogP contribution in [-0.4, -0.2) is 29.9 Å². The standard InChI is InChI=1S/C16H17BrN2O3S/c1-23-9-7-13(19-16(21)14-6-3-8-22-14)15(20)18-12-5-2-4-11(17)10-12/h2-6,8,10,13H,7,9H2,1H3,(H,18,20)(H,19,21). The molecule has 2 amide bonds. The van der Waals surface area contributed by atoms with Gasteiger partial charge in [0.1, 0.15) is 6.04 Å². The molecular formula is C16H17BrN2O3S. The van der Waals surface area contributed by atoms with Crippen LogP contribution in [0.25, 0.3) is 0 Å². The maximum Gasteiger partial charge on any atom is 0.287 e. The molecule has 0 aliphatic rings. The fraction of sp³-hybridized carbons (Fsp3) is 0.250. The van der Waals surface area contributed by atoms with Crippen LogP contribution in [0.3, 0.4) is 0 Å². The fourth-order valence-corrected chi connectivity index (χ4v) is 2.81. The Labute approximate surface area is 147 Å². The van der Waals surface area contributed by atoms with Gasteiger partial charge in [0.15, 0.2) is 5.76 Å². The number of benzene rings is 1. The molecule has 122 valence electrons. The first kappa shape index (κ1) is 17.6. The van der Waals surface area contributed by atoms with Gasteiger partial charge in [0, 0.05) is 10.2 Å². The Morgan fingerprint density at radius 2 is 2.13 bits per heavy atom. The van der Waals surface area contributed by atoms with Gasteiger partial charge in [-0.05, 0) is 48.8 Å². The van der Waals surface area contributed by atoms with E-state index >= 15 is 0 Å². The minimum Gasteiger partial charge on any atom is -0.459 e. The smallest absolute Gasteiger partial charge is 0.287 e. The Morgan fingerprint density at radius 1 is 1.30 bits per heavy atom. The third-order valence-corrected chi connectivity index (χ3v) is 4.21. The van der Waals surface area contributed by atoms with E-state index in [1.807, 2.05) is 18.4 Å². The summed E-state index contributed by atoms with van der Waals surface area (Å²) in [5.74, 6) is 0.298. The van der Waals surface area contributed by atoms with Crippen LogP contribution in [0, 0.1) is 0 Å². The number of furan rings is 1. The Balaban J connectivity index is 2.04. The van der Waals surface area contributed by atoms with Crippen molar-refractivity contribution < 1.29 is 14.0 Å². The molecular weight excluding hydrogens is 380 g/mol. The molecule has 0 radical (unpaired) electrons. The molecule has 5 nitrogen and oxygen atoms in total. The third-order valence-electron chi connectivity index (χ3n) is 3.07. The van der Waals surface area contributed by atoms with Crippen molar-refractivity contribution in [2.75, 3.05) is 17.3 Å². The number of amides is 2. The number of nitrogens with one attached hydrogen (secondary N) is 2. The lowest BCUT2D eigenvalue weighted by Gasteiger charge is -2.17. The van der Waals surface area contributed by atoms with Crippen molar-refractivity contribution >= 4 is 45.2 Å². The summed E-state index contributed by atoms with van der Waals surface area (Å²) in [6.45, 7) is 0. The lowest BCUT2D eigenvalue weighted by molar-refractivity contribution is -0.118. The third kappa shape index (κ3) is 5.44. The van der Waals surface area contributed by atoms with E-state index in [1.54, 1.807) is 36.0 Å². The van der Waals surface area contributed by atoms with Gasteiger partial charge in [-0.25, -0.2) is 0 Å². The highest BCUT2D eigenvalue weighted by Crippen LogP contribution is 2.16. The maximum atomic E-state index is 12.5.